The average molecular weight is 307 g/mol. The lowest BCUT2D eigenvalue weighted by atomic mass is 9.85. The highest BCUT2D eigenvalue weighted by Gasteiger charge is 2.45. The highest BCUT2D eigenvalue weighted by atomic mass is 16.5. The third-order valence-corrected chi connectivity index (χ3v) is 5.09. The summed E-state index contributed by atoms with van der Waals surface area (Å²) in [4.78, 5) is 18.1. The van der Waals surface area contributed by atoms with Gasteiger partial charge in [-0.05, 0) is 31.6 Å². The van der Waals surface area contributed by atoms with Crippen molar-refractivity contribution in [2.24, 2.45) is 5.92 Å². The number of aromatic nitrogens is 2. The molecule has 3 rings (SSSR count). The molecule has 1 N–H and O–H groups in total. The lowest BCUT2D eigenvalue weighted by molar-refractivity contribution is -0.143. The Balaban J connectivity index is 1.70. The minimum Gasteiger partial charge on any atom is -0.480 e. The summed E-state index contributed by atoms with van der Waals surface area (Å²) in [7, 11) is 0. The molecule has 0 bridgehead atoms. The normalized spacial score (nSPS) is 28.7. The summed E-state index contributed by atoms with van der Waals surface area (Å²) >= 11 is 0. The average Bonchev–Trinajstić information content (AvgIpc) is 3.11. The molecule has 1 aliphatic carbocycles. The Morgan fingerprint density at radius 3 is 3.00 bits per heavy atom. The second kappa shape index (κ2) is 6.77. The lowest BCUT2D eigenvalue weighted by Crippen LogP contribution is -2.41. The maximum absolute atomic E-state index is 11.6. The molecule has 1 aromatic rings. The van der Waals surface area contributed by atoms with Crippen molar-refractivity contribution in [1.82, 2.24) is 15.0 Å². The van der Waals surface area contributed by atoms with Gasteiger partial charge in [0.05, 0.1) is 6.54 Å². The number of aliphatic carboxylic acids is 1. The fourth-order valence-corrected chi connectivity index (χ4v) is 3.97. The van der Waals surface area contributed by atoms with Crippen LogP contribution in [0.5, 0.6) is 0 Å². The lowest BCUT2D eigenvalue weighted by Gasteiger charge is -2.31. The second-order valence-electron chi connectivity index (χ2n) is 6.58. The molecule has 1 aromatic heterocycles. The third-order valence-electron chi connectivity index (χ3n) is 5.09. The van der Waals surface area contributed by atoms with Crippen molar-refractivity contribution in [2.45, 2.75) is 76.9 Å². The van der Waals surface area contributed by atoms with Crippen LogP contribution in [0.25, 0.3) is 0 Å². The SMILES string of the molecule is CCCCc1noc(CN2C(C(=O)O)CC3CCCCC32)n1. The van der Waals surface area contributed by atoms with Gasteiger partial charge in [-0.2, -0.15) is 4.98 Å². The van der Waals surface area contributed by atoms with Gasteiger partial charge in [0.2, 0.25) is 5.89 Å². The number of rotatable bonds is 6. The zero-order valence-corrected chi connectivity index (χ0v) is 13.2. The number of carboxylic acid groups (broad SMARTS) is 1. The van der Waals surface area contributed by atoms with Crippen molar-refractivity contribution >= 4 is 5.97 Å². The maximum atomic E-state index is 11.6. The van der Waals surface area contributed by atoms with E-state index in [2.05, 4.69) is 22.0 Å². The summed E-state index contributed by atoms with van der Waals surface area (Å²) in [6.45, 7) is 2.60. The summed E-state index contributed by atoms with van der Waals surface area (Å²) in [5.74, 6) is 1.09. The quantitative estimate of drug-likeness (QED) is 0.870. The van der Waals surface area contributed by atoms with Crippen LogP contribution in [0.1, 0.15) is 63.6 Å². The van der Waals surface area contributed by atoms with Gasteiger partial charge in [0.15, 0.2) is 5.82 Å². The Morgan fingerprint density at radius 1 is 1.41 bits per heavy atom. The number of carbonyl (C=O) groups is 1. The summed E-state index contributed by atoms with van der Waals surface area (Å²) < 4.78 is 5.34. The van der Waals surface area contributed by atoms with Crippen LogP contribution < -0.4 is 0 Å². The molecule has 2 fully saturated rings. The van der Waals surface area contributed by atoms with Crippen LogP contribution in [-0.4, -0.2) is 38.2 Å². The minimum atomic E-state index is -0.722. The van der Waals surface area contributed by atoms with Crippen LogP contribution in [0.4, 0.5) is 0 Å². The molecule has 0 spiro atoms. The molecule has 0 amide bonds. The van der Waals surface area contributed by atoms with Gasteiger partial charge in [-0.15, -0.1) is 0 Å². The van der Waals surface area contributed by atoms with E-state index in [1.807, 2.05) is 0 Å². The van der Waals surface area contributed by atoms with E-state index in [1.54, 1.807) is 0 Å². The van der Waals surface area contributed by atoms with Crippen LogP contribution in [-0.2, 0) is 17.8 Å². The number of nitrogens with zero attached hydrogens (tertiary/aromatic N) is 3. The Labute approximate surface area is 130 Å². The third kappa shape index (κ3) is 3.16. The highest BCUT2D eigenvalue weighted by Crippen LogP contribution is 2.40. The van der Waals surface area contributed by atoms with E-state index >= 15 is 0 Å². The fraction of sp³-hybridized carbons (Fsp3) is 0.812. The number of fused-ring (bicyclic) bond motifs is 1. The number of aryl methyl sites for hydroxylation is 1. The molecular formula is C16H25N3O3. The van der Waals surface area contributed by atoms with Crippen molar-refractivity contribution in [2.75, 3.05) is 0 Å². The highest BCUT2D eigenvalue weighted by molar-refractivity contribution is 5.74. The Hall–Kier alpha value is -1.43. The molecule has 122 valence electrons. The van der Waals surface area contributed by atoms with Gasteiger partial charge in [0.25, 0.3) is 0 Å². The van der Waals surface area contributed by atoms with E-state index in [0.717, 1.165) is 44.3 Å². The minimum absolute atomic E-state index is 0.362. The zero-order chi connectivity index (χ0) is 15.5. The molecule has 2 aliphatic rings. The molecule has 1 aliphatic heterocycles. The fourth-order valence-electron chi connectivity index (χ4n) is 3.97. The molecule has 6 heteroatoms. The summed E-state index contributed by atoms with van der Waals surface area (Å²) in [5.41, 5.74) is 0. The molecule has 0 radical (unpaired) electrons. The van der Waals surface area contributed by atoms with Crippen molar-refractivity contribution in [3.05, 3.63) is 11.7 Å². The predicted octanol–water partition coefficient (Wildman–Crippen LogP) is 2.63. The zero-order valence-electron chi connectivity index (χ0n) is 13.2. The van der Waals surface area contributed by atoms with Gasteiger partial charge in [0, 0.05) is 12.5 Å². The van der Waals surface area contributed by atoms with E-state index in [4.69, 9.17) is 4.52 Å². The first-order chi connectivity index (χ1) is 10.7. The first kappa shape index (κ1) is 15.5. The first-order valence-corrected chi connectivity index (χ1v) is 8.49. The Bertz CT molecular complexity index is 516. The number of hydrogen-bond acceptors (Lipinski definition) is 5. The largest absolute Gasteiger partial charge is 0.480 e. The number of likely N-dealkylation sites (tertiary alicyclic amines) is 1. The standard InChI is InChI=1S/C16H25N3O3/c1-2-3-8-14-17-15(22-18-14)10-19-12-7-5-4-6-11(12)9-13(19)16(20)21/h11-13H,2-10H2,1H3,(H,20,21). The molecular weight excluding hydrogens is 282 g/mol. The molecule has 0 aromatic carbocycles. The first-order valence-electron chi connectivity index (χ1n) is 8.49. The van der Waals surface area contributed by atoms with Crippen LogP contribution in [0, 0.1) is 5.92 Å². The Kier molecular flexibility index (Phi) is 4.76. The summed E-state index contributed by atoms with van der Waals surface area (Å²) in [6, 6.07) is -0.0417. The topological polar surface area (TPSA) is 79.5 Å². The number of hydrogen-bond donors (Lipinski definition) is 1. The molecule has 22 heavy (non-hydrogen) atoms. The smallest absolute Gasteiger partial charge is 0.320 e. The molecule has 1 saturated carbocycles. The van der Waals surface area contributed by atoms with Crippen LogP contribution >= 0.6 is 0 Å². The van der Waals surface area contributed by atoms with Gasteiger partial charge in [-0.1, -0.05) is 31.3 Å². The summed E-state index contributed by atoms with van der Waals surface area (Å²) in [5, 5.41) is 13.5. The van der Waals surface area contributed by atoms with Gasteiger partial charge in [-0.25, -0.2) is 0 Å². The van der Waals surface area contributed by atoms with Crippen LogP contribution in [0.15, 0.2) is 4.52 Å². The molecule has 1 saturated heterocycles. The van der Waals surface area contributed by atoms with E-state index in [-0.39, 0.29) is 0 Å². The van der Waals surface area contributed by atoms with Crippen LogP contribution in [0.3, 0.4) is 0 Å². The summed E-state index contributed by atoms with van der Waals surface area (Å²) in [6.07, 6.45) is 8.39. The molecule has 3 unspecified atom stereocenters. The van der Waals surface area contributed by atoms with Crippen molar-refractivity contribution in [3.8, 4) is 0 Å². The van der Waals surface area contributed by atoms with E-state index < -0.39 is 12.0 Å². The second-order valence-corrected chi connectivity index (χ2v) is 6.58. The van der Waals surface area contributed by atoms with E-state index in [9.17, 15) is 9.90 Å². The molecule has 3 atom stereocenters. The van der Waals surface area contributed by atoms with Gasteiger partial charge >= 0.3 is 5.97 Å². The van der Waals surface area contributed by atoms with E-state index in [1.165, 1.54) is 12.8 Å². The predicted molar refractivity (Wildman–Crippen MR) is 80.2 cm³/mol. The van der Waals surface area contributed by atoms with Gasteiger partial charge in [0.1, 0.15) is 6.04 Å². The number of carboxylic acids is 1. The van der Waals surface area contributed by atoms with Crippen molar-refractivity contribution < 1.29 is 14.4 Å². The monoisotopic (exact) mass is 307 g/mol. The van der Waals surface area contributed by atoms with Crippen LogP contribution in [0.2, 0.25) is 0 Å². The Morgan fingerprint density at radius 2 is 2.23 bits per heavy atom. The molecule has 2 heterocycles. The van der Waals surface area contributed by atoms with Crippen molar-refractivity contribution in [1.29, 1.82) is 0 Å². The van der Waals surface area contributed by atoms with E-state index in [0.29, 0.717) is 24.4 Å². The van der Waals surface area contributed by atoms with Gasteiger partial charge in [-0.3, -0.25) is 9.69 Å². The van der Waals surface area contributed by atoms with Crippen molar-refractivity contribution in [3.63, 3.8) is 0 Å². The number of unbranched alkanes of at least 4 members (excludes halogenated alkanes) is 1. The maximum Gasteiger partial charge on any atom is 0.320 e. The van der Waals surface area contributed by atoms with Gasteiger partial charge < -0.3 is 9.63 Å². The molecule has 6 nitrogen and oxygen atoms in total.